The molecule has 0 atom stereocenters. The third kappa shape index (κ3) is 4.72. The van der Waals surface area contributed by atoms with Gasteiger partial charge in [0.2, 0.25) is 0 Å². The summed E-state index contributed by atoms with van der Waals surface area (Å²) in [4.78, 5) is 62.1. The number of nitrogens with one attached hydrogen (secondary N) is 3. The average molecular weight is 496 g/mol. The fourth-order valence-corrected chi connectivity index (χ4v) is 4.09. The number of esters is 1. The summed E-state index contributed by atoms with van der Waals surface area (Å²) in [6, 6.07) is 18.1. The van der Waals surface area contributed by atoms with E-state index in [0.29, 0.717) is 22.2 Å². The van der Waals surface area contributed by atoms with Crippen molar-refractivity contribution in [1.82, 2.24) is 15.5 Å². The molecule has 0 bridgehead atoms. The number of fused-ring (bicyclic) bond motifs is 3. The fraction of sp³-hybridized carbons (Fsp3) is 0.111. The number of carbonyl (C=O) groups excluding carboxylic acids is 5. The van der Waals surface area contributed by atoms with Gasteiger partial charge in [0, 0.05) is 39.9 Å². The number of aromatic amines is 1. The molecule has 3 N–H and O–H groups in total. The quantitative estimate of drug-likeness (QED) is 0.294. The molecule has 0 saturated heterocycles. The van der Waals surface area contributed by atoms with Crippen LogP contribution in [0.4, 0.5) is 5.69 Å². The number of para-hydroxylation sites is 1. The third-order valence-corrected chi connectivity index (χ3v) is 5.87. The minimum absolute atomic E-state index is 0.00289. The highest BCUT2D eigenvalue weighted by Gasteiger charge is 2.29. The molecular weight excluding hydrogens is 476 g/mol. The summed E-state index contributed by atoms with van der Waals surface area (Å²) in [5, 5.41) is 12.6. The number of hydrogen-bond donors (Lipinski definition) is 3. The van der Waals surface area contributed by atoms with Crippen molar-refractivity contribution in [2.75, 3.05) is 18.5 Å². The van der Waals surface area contributed by atoms with Crippen LogP contribution >= 0.6 is 0 Å². The van der Waals surface area contributed by atoms with Gasteiger partial charge in [0.05, 0.1) is 11.9 Å². The van der Waals surface area contributed by atoms with Crippen LogP contribution in [0.2, 0.25) is 0 Å². The van der Waals surface area contributed by atoms with Crippen LogP contribution in [0.3, 0.4) is 0 Å². The van der Waals surface area contributed by atoms with Crippen LogP contribution in [0.1, 0.15) is 48.8 Å². The summed E-state index contributed by atoms with van der Waals surface area (Å²) in [5.74, 6) is -2.30. The predicted octanol–water partition coefficient (Wildman–Crippen LogP) is 2.64. The Balaban J connectivity index is 1.11. The number of nitrogens with zero attached hydrogens (tertiary/aromatic N) is 1. The van der Waals surface area contributed by atoms with Gasteiger partial charge in [-0.1, -0.05) is 42.5 Å². The van der Waals surface area contributed by atoms with Crippen LogP contribution in [0.25, 0.3) is 10.9 Å². The number of amides is 2. The van der Waals surface area contributed by atoms with Gasteiger partial charge in [-0.05, 0) is 24.3 Å². The molecule has 184 valence electrons. The molecule has 1 aromatic heterocycles. The molecule has 10 heteroatoms. The summed E-state index contributed by atoms with van der Waals surface area (Å²) in [5.41, 5.74) is 2.34. The van der Waals surface area contributed by atoms with Crippen molar-refractivity contribution in [3.63, 3.8) is 0 Å². The van der Waals surface area contributed by atoms with Crippen LogP contribution in [0, 0.1) is 0 Å². The first-order valence-electron chi connectivity index (χ1n) is 11.4. The molecule has 1 aliphatic carbocycles. The maximum Gasteiger partial charge on any atom is 0.308 e. The second-order valence-electron chi connectivity index (χ2n) is 8.30. The highest BCUT2D eigenvalue weighted by molar-refractivity contribution is 6.28. The molecule has 0 unspecified atom stereocenters. The molecule has 2 amide bonds. The lowest BCUT2D eigenvalue weighted by Crippen LogP contribution is -2.28. The molecule has 1 aliphatic rings. The number of anilines is 1. The summed E-state index contributed by atoms with van der Waals surface area (Å²) in [6.07, 6.45) is -0.143. The Morgan fingerprint density at radius 3 is 2.30 bits per heavy atom. The van der Waals surface area contributed by atoms with Crippen molar-refractivity contribution in [2.45, 2.75) is 6.42 Å². The Hall–Kier alpha value is -5.12. The van der Waals surface area contributed by atoms with E-state index >= 15 is 0 Å². The number of ketones is 2. The number of hydrogen-bond acceptors (Lipinski definition) is 7. The number of carbonyl (C=O) groups is 5. The van der Waals surface area contributed by atoms with Gasteiger partial charge >= 0.3 is 5.97 Å². The Labute approximate surface area is 210 Å². The van der Waals surface area contributed by atoms with Gasteiger partial charge in [-0.15, -0.1) is 0 Å². The van der Waals surface area contributed by atoms with E-state index in [-0.39, 0.29) is 41.4 Å². The Kier molecular flexibility index (Phi) is 6.29. The molecule has 4 aromatic rings. The Morgan fingerprint density at radius 2 is 1.51 bits per heavy atom. The van der Waals surface area contributed by atoms with Crippen molar-refractivity contribution in [3.05, 3.63) is 94.7 Å². The van der Waals surface area contributed by atoms with E-state index in [1.807, 2.05) is 6.07 Å². The lowest BCUT2D eigenvalue weighted by Gasteiger charge is -2.18. The minimum Gasteiger partial charge on any atom is -0.456 e. The molecule has 10 nitrogen and oxygen atoms in total. The maximum atomic E-state index is 12.8. The first kappa shape index (κ1) is 23.6. The molecule has 3 aromatic carbocycles. The van der Waals surface area contributed by atoms with Gasteiger partial charge < -0.3 is 15.4 Å². The fourth-order valence-electron chi connectivity index (χ4n) is 4.09. The summed E-state index contributed by atoms with van der Waals surface area (Å²) in [7, 11) is 0. The van der Waals surface area contributed by atoms with Crippen LogP contribution in [-0.4, -0.2) is 52.7 Å². The number of benzene rings is 3. The molecule has 0 spiro atoms. The van der Waals surface area contributed by atoms with Crippen molar-refractivity contribution in [1.29, 1.82) is 0 Å². The van der Waals surface area contributed by atoms with Crippen molar-refractivity contribution in [2.24, 2.45) is 0 Å². The topological polar surface area (TPSA) is 147 Å². The first-order valence-corrected chi connectivity index (χ1v) is 11.4. The van der Waals surface area contributed by atoms with E-state index in [1.54, 1.807) is 42.5 Å². The van der Waals surface area contributed by atoms with Gasteiger partial charge in [0.1, 0.15) is 0 Å². The number of H-pyrrole nitrogens is 1. The molecule has 1 heterocycles. The zero-order valence-corrected chi connectivity index (χ0v) is 19.4. The van der Waals surface area contributed by atoms with E-state index in [4.69, 9.17) is 4.74 Å². The molecule has 0 radical (unpaired) electrons. The van der Waals surface area contributed by atoms with Crippen molar-refractivity contribution < 1.29 is 28.7 Å². The maximum absolute atomic E-state index is 12.8. The molecule has 5 rings (SSSR count). The summed E-state index contributed by atoms with van der Waals surface area (Å²) >= 11 is 0. The zero-order valence-electron chi connectivity index (χ0n) is 19.4. The van der Waals surface area contributed by atoms with Gasteiger partial charge in [-0.2, -0.15) is 5.10 Å². The van der Waals surface area contributed by atoms with E-state index < -0.39 is 24.4 Å². The van der Waals surface area contributed by atoms with Gasteiger partial charge in [0.25, 0.3) is 11.8 Å². The number of aromatic nitrogens is 2. The molecule has 0 saturated carbocycles. The average Bonchev–Trinajstić information content (AvgIpc) is 3.35. The zero-order chi connectivity index (χ0) is 25.9. The summed E-state index contributed by atoms with van der Waals surface area (Å²) in [6.45, 7) is -0.549. The molecule has 0 fully saturated rings. The SMILES string of the molecule is O=C(COC(=O)CCNC(=O)c1n[nH]c2ccccc12)Nc1ccc2c(c1)C(=O)c1ccccc1C2=O. The monoisotopic (exact) mass is 496 g/mol. The summed E-state index contributed by atoms with van der Waals surface area (Å²) < 4.78 is 4.97. The van der Waals surface area contributed by atoms with Gasteiger partial charge in [0.15, 0.2) is 23.9 Å². The van der Waals surface area contributed by atoms with Gasteiger partial charge in [-0.25, -0.2) is 0 Å². The predicted molar refractivity (Wildman–Crippen MR) is 132 cm³/mol. The van der Waals surface area contributed by atoms with E-state index in [0.717, 1.165) is 5.52 Å². The number of rotatable bonds is 7. The van der Waals surface area contributed by atoms with Crippen LogP contribution in [-0.2, 0) is 14.3 Å². The van der Waals surface area contributed by atoms with Gasteiger partial charge in [-0.3, -0.25) is 29.1 Å². The van der Waals surface area contributed by atoms with E-state index in [9.17, 15) is 24.0 Å². The van der Waals surface area contributed by atoms with Crippen LogP contribution in [0.5, 0.6) is 0 Å². The molecular formula is C27H20N4O6. The van der Waals surface area contributed by atoms with Crippen LogP contribution < -0.4 is 10.6 Å². The minimum atomic E-state index is -0.676. The van der Waals surface area contributed by atoms with Crippen molar-refractivity contribution in [3.8, 4) is 0 Å². The third-order valence-electron chi connectivity index (χ3n) is 5.87. The molecule has 37 heavy (non-hydrogen) atoms. The van der Waals surface area contributed by atoms with E-state index in [1.165, 1.54) is 18.2 Å². The standard InChI is InChI=1S/C27H20N4O6/c32-22(14-37-23(33)11-12-28-27(36)24-19-7-3-4-8-21(19)30-31-24)29-15-9-10-18-20(13-15)26(35)17-6-2-1-5-16(17)25(18)34/h1-10,13H,11-12,14H2,(H,28,36)(H,29,32)(H,30,31). The highest BCUT2D eigenvalue weighted by atomic mass is 16.5. The molecule has 0 aliphatic heterocycles. The smallest absolute Gasteiger partial charge is 0.308 e. The van der Waals surface area contributed by atoms with Crippen LogP contribution in [0.15, 0.2) is 66.7 Å². The van der Waals surface area contributed by atoms with E-state index in [2.05, 4.69) is 20.8 Å². The second kappa shape index (κ2) is 9.86. The lowest BCUT2D eigenvalue weighted by molar-refractivity contribution is -0.147. The number of ether oxygens (including phenoxy) is 1. The first-order chi connectivity index (χ1) is 17.9. The Morgan fingerprint density at radius 1 is 0.838 bits per heavy atom. The largest absolute Gasteiger partial charge is 0.456 e. The lowest BCUT2D eigenvalue weighted by atomic mass is 9.84. The highest BCUT2D eigenvalue weighted by Crippen LogP contribution is 2.29. The Bertz CT molecular complexity index is 1590. The van der Waals surface area contributed by atoms with Crippen molar-refractivity contribution >= 4 is 45.9 Å². The second-order valence-corrected chi connectivity index (χ2v) is 8.30. The normalized spacial score (nSPS) is 12.0.